The van der Waals surface area contributed by atoms with Crippen LogP contribution in [0.1, 0.15) is 18.9 Å². The zero-order chi connectivity index (χ0) is 16.8. The van der Waals surface area contributed by atoms with Crippen molar-refractivity contribution in [3.05, 3.63) is 29.8 Å². The lowest BCUT2D eigenvalue weighted by Crippen LogP contribution is -2.47. The maximum absolute atomic E-state index is 12.4. The number of amides is 1. The molecule has 6 nitrogen and oxygen atoms in total. The van der Waals surface area contributed by atoms with Crippen molar-refractivity contribution in [2.75, 3.05) is 26.8 Å². The molecule has 1 amide bonds. The van der Waals surface area contributed by atoms with Gasteiger partial charge in [0.25, 0.3) is 0 Å². The summed E-state index contributed by atoms with van der Waals surface area (Å²) in [5.74, 6) is -0.999. The Kier molecular flexibility index (Phi) is 5.73. The van der Waals surface area contributed by atoms with E-state index in [-0.39, 0.29) is 31.3 Å². The Bertz CT molecular complexity index is 598. The molecular weight excluding hydrogens is 298 g/mol. The molecule has 1 aromatic carbocycles. The van der Waals surface area contributed by atoms with E-state index in [2.05, 4.69) is 0 Å². The first-order chi connectivity index (χ1) is 11.1. The highest BCUT2D eigenvalue weighted by Gasteiger charge is 2.35. The number of carbonyl (C=O) groups excluding carboxylic acids is 3. The van der Waals surface area contributed by atoms with Gasteiger partial charge in [0.1, 0.15) is 11.7 Å². The van der Waals surface area contributed by atoms with Gasteiger partial charge in [-0.2, -0.15) is 0 Å². The summed E-state index contributed by atoms with van der Waals surface area (Å²) in [6, 6.07) is 7.29. The molecule has 1 atom stereocenters. The zero-order valence-corrected chi connectivity index (χ0v) is 13.4. The van der Waals surface area contributed by atoms with Crippen molar-refractivity contribution in [1.82, 2.24) is 4.90 Å². The fraction of sp³-hybridized carbons (Fsp3) is 0.471. The Labute approximate surface area is 135 Å². The van der Waals surface area contributed by atoms with Crippen LogP contribution in [0.3, 0.4) is 0 Å². The molecule has 1 aliphatic heterocycles. The molecule has 1 aliphatic rings. The standard InChI is InChI=1S/C17H21NO5/c1-3-23-17(21)13-8-9-18(11-14(13)19)16(20)10-12-6-4-5-7-15(12)22-2/h4-7,13H,3,8-11H2,1-2H3. The van der Waals surface area contributed by atoms with Crippen molar-refractivity contribution in [3.8, 4) is 5.75 Å². The van der Waals surface area contributed by atoms with Crippen molar-refractivity contribution in [3.63, 3.8) is 0 Å². The average Bonchev–Trinajstić information content (AvgIpc) is 2.55. The molecule has 0 saturated carbocycles. The molecule has 6 heteroatoms. The molecule has 1 saturated heterocycles. The minimum absolute atomic E-state index is 0.0442. The van der Waals surface area contributed by atoms with Gasteiger partial charge in [0.15, 0.2) is 5.78 Å². The zero-order valence-electron chi connectivity index (χ0n) is 13.4. The van der Waals surface area contributed by atoms with Crippen molar-refractivity contribution in [2.45, 2.75) is 19.8 Å². The summed E-state index contributed by atoms with van der Waals surface area (Å²) >= 11 is 0. The number of likely N-dealkylation sites (tertiary alicyclic amines) is 1. The van der Waals surface area contributed by atoms with E-state index in [1.165, 1.54) is 4.90 Å². The number of piperidine rings is 1. The topological polar surface area (TPSA) is 72.9 Å². The number of esters is 1. The number of methoxy groups -OCH3 is 1. The van der Waals surface area contributed by atoms with E-state index < -0.39 is 11.9 Å². The molecule has 2 rings (SSSR count). The van der Waals surface area contributed by atoms with E-state index in [9.17, 15) is 14.4 Å². The summed E-state index contributed by atoms with van der Waals surface area (Å²) in [7, 11) is 1.55. The number of hydrogen-bond donors (Lipinski definition) is 0. The monoisotopic (exact) mass is 319 g/mol. The molecule has 124 valence electrons. The fourth-order valence-electron chi connectivity index (χ4n) is 2.65. The Balaban J connectivity index is 1.97. The van der Waals surface area contributed by atoms with Gasteiger partial charge in [0.2, 0.25) is 5.91 Å². The fourth-order valence-corrected chi connectivity index (χ4v) is 2.65. The molecule has 1 unspecified atom stereocenters. The number of para-hydroxylation sites is 1. The maximum Gasteiger partial charge on any atom is 0.316 e. The molecular formula is C17H21NO5. The van der Waals surface area contributed by atoms with Crippen LogP contribution in [0, 0.1) is 5.92 Å². The summed E-state index contributed by atoms with van der Waals surface area (Å²) in [6.07, 6.45) is 0.483. The lowest BCUT2D eigenvalue weighted by Gasteiger charge is -2.30. The highest BCUT2D eigenvalue weighted by atomic mass is 16.5. The van der Waals surface area contributed by atoms with Crippen LogP contribution in [0.2, 0.25) is 0 Å². The second-order valence-corrected chi connectivity index (χ2v) is 5.36. The third-order valence-electron chi connectivity index (χ3n) is 3.88. The smallest absolute Gasteiger partial charge is 0.316 e. The lowest BCUT2D eigenvalue weighted by molar-refractivity contribution is -0.155. The second-order valence-electron chi connectivity index (χ2n) is 5.36. The quantitative estimate of drug-likeness (QED) is 0.603. The molecule has 0 N–H and O–H groups in total. The predicted molar refractivity (Wildman–Crippen MR) is 83.0 cm³/mol. The van der Waals surface area contributed by atoms with Crippen molar-refractivity contribution in [2.24, 2.45) is 5.92 Å². The Morgan fingerprint density at radius 3 is 2.70 bits per heavy atom. The van der Waals surface area contributed by atoms with Crippen molar-refractivity contribution >= 4 is 17.7 Å². The number of hydrogen-bond acceptors (Lipinski definition) is 5. The van der Waals surface area contributed by atoms with E-state index >= 15 is 0 Å². The van der Waals surface area contributed by atoms with Crippen molar-refractivity contribution in [1.29, 1.82) is 0 Å². The highest BCUT2D eigenvalue weighted by molar-refractivity contribution is 6.02. The van der Waals surface area contributed by atoms with Crippen molar-refractivity contribution < 1.29 is 23.9 Å². The third kappa shape index (κ3) is 4.09. The first-order valence-electron chi connectivity index (χ1n) is 7.65. The Morgan fingerprint density at radius 2 is 2.04 bits per heavy atom. The number of benzene rings is 1. The summed E-state index contributed by atoms with van der Waals surface area (Å²) in [5, 5.41) is 0. The van der Waals surface area contributed by atoms with Crippen LogP contribution in [-0.4, -0.2) is 49.4 Å². The predicted octanol–water partition coefficient (Wildman–Crippen LogP) is 1.22. The normalized spacial score (nSPS) is 17.7. The number of carbonyl (C=O) groups is 3. The Hall–Kier alpha value is -2.37. The Morgan fingerprint density at radius 1 is 1.30 bits per heavy atom. The molecule has 1 aromatic rings. The summed E-state index contributed by atoms with van der Waals surface area (Å²) < 4.78 is 10.1. The first-order valence-corrected chi connectivity index (χ1v) is 7.65. The minimum Gasteiger partial charge on any atom is -0.496 e. The minimum atomic E-state index is -0.745. The van der Waals surface area contributed by atoms with E-state index in [4.69, 9.17) is 9.47 Å². The van der Waals surface area contributed by atoms with Gasteiger partial charge in [-0.25, -0.2) is 0 Å². The largest absolute Gasteiger partial charge is 0.496 e. The lowest BCUT2D eigenvalue weighted by atomic mass is 9.95. The number of ether oxygens (including phenoxy) is 2. The van der Waals surface area contributed by atoms with Gasteiger partial charge in [0, 0.05) is 12.1 Å². The van der Waals surface area contributed by atoms with Gasteiger partial charge in [-0.3, -0.25) is 14.4 Å². The van der Waals surface area contributed by atoms with Gasteiger partial charge in [-0.05, 0) is 19.4 Å². The maximum atomic E-state index is 12.4. The van der Waals surface area contributed by atoms with E-state index in [1.807, 2.05) is 18.2 Å². The van der Waals surface area contributed by atoms with Crippen LogP contribution in [-0.2, 0) is 25.5 Å². The SMILES string of the molecule is CCOC(=O)C1CCN(C(=O)Cc2ccccc2OC)CC1=O. The third-order valence-corrected chi connectivity index (χ3v) is 3.88. The highest BCUT2D eigenvalue weighted by Crippen LogP contribution is 2.21. The molecule has 23 heavy (non-hydrogen) atoms. The molecule has 0 spiro atoms. The molecule has 1 heterocycles. The first kappa shape index (κ1) is 17.0. The molecule has 0 radical (unpaired) electrons. The molecule has 0 aliphatic carbocycles. The van der Waals surface area contributed by atoms with Crippen LogP contribution < -0.4 is 4.74 Å². The molecule has 1 fully saturated rings. The van der Waals surface area contributed by atoms with Crippen LogP contribution in [0.5, 0.6) is 5.75 Å². The average molecular weight is 319 g/mol. The number of nitrogens with zero attached hydrogens (tertiary/aromatic N) is 1. The summed E-state index contributed by atoms with van der Waals surface area (Å²) in [5.41, 5.74) is 0.778. The van der Waals surface area contributed by atoms with Gasteiger partial charge in [-0.15, -0.1) is 0 Å². The van der Waals surface area contributed by atoms with Crippen LogP contribution >= 0.6 is 0 Å². The van der Waals surface area contributed by atoms with Crippen LogP contribution in [0.4, 0.5) is 0 Å². The van der Waals surface area contributed by atoms with Gasteiger partial charge >= 0.3 is 5.97 Å². The second kappa shape index (κ2) is 7.76. The number of ketones is 1. The summed E-state index contributed by atoms with van der Waals surface area (Å²) in [4.78, 5) is 37.7. The van der Waals surface area contributed by atoms with Gasteiger partial charge in [-0.1, -0.05) is 18.2 Å². The molecule has 0 bridgehead atoms. The van der Waals surface area contributed by atoms with Gasteiger partial charge < -0.3 is 14.4 Å². The van der Waals surface area contributed by atoms with Gasteiger partial charge in [0.05, 0.1) is 26.7 Å². The van der Waals surface area contributed by atoms with Crippen LogP contribution in [0.25, 0.3) is 0 Å². The van der Waals surface area contributed by atoms with E-state index in [0.717, 1.165) is 5.56 Å². The van der Waals surface area contributed by atoms with Crippen LogP contribution in [0.15, 0.2) is 24.3 Å². The van der Waals surface area contributed by atoms with E-state index in [1.54, 1.807) is 20.1 Å². The number of Topliss-reactive ketones (excluding diaryl/α,β-unsaturated/α-hetero) is 1. The number of rotatable bonds is 5. The van der Waals surface area contributed by atoms with E-state index in [0.29, 0.717) is 18.7 Å². The summed E-state index contributed by atoms with van der Waals surface area (Å²) in [6.45, 7) is 2.29. The molecule has 0 aromatic heterocycles.